The summed E-state index contributed by atoms with van der Waals surface area (Å²) in [5.74, 6) is 0.141. The number of rotatable bonds is 5. The van der Waals surface area contributed by atoms with Crippen molar-refractivity contribution < 1.29 is 19.4 Å². The van der Waals surface area contributed by atoms with Crippen LogP contribution in [0.1, 0.15) is 31.0 Å². The van der Waals surface area contributed by atoms with Crippen LogP contribution in [-0.4, -0.2) is 29.4 Å². The number of phenolic OH excluding ortho intramolecular Hbond substituents is 1. The number of thiazole rings is 1. The summed E-state index contributed by atoms with van der Waals surface area (Å²) in [5, 5.41) is 9.76. The first-order chi connectivity index (χ1) is 15.4. The first-order valence-corrected chi connectivity index (χ1v) is 10.9. The Morgan fingerprint density at radius 1 is 1.25 bits per heavy atom. The molecule has 2 heterocycles. The number of hydrogen-bond acceptors (Lipinski definition) is 7. The quantitative estimate of drug-likeness (QED) is 0.604. The lowest BCUT2D eigenvalue weighted by Gasteiger charge is -2.25. The van der Waals surface area contributed by atoms with Crippen molar-refractivity contribution in [3.63, 3.8) is 0 Å². The number of methoxy groups -OCH3 is 1. The molecule has 32 heavy (non-hydrogen) atoms. The number of benzene rings is 2. The minimum absolute atomic E-state index is 0.110. The maximum Gasteiger partial charge on any atom is 0.338 e. The van der Waals surface area contributed by atoms with E-state index in [1.165, 1.54) is 15.9 Å². The van der Waals surface area contributed by atoms with Gasteiger partial charge in [-0.2, -0.15) is 0 Å². The van der Waals surface area contributed by atoms with Gasteiger partial charge in [0.2, 0.25) is 0 Å². The summed E-state index contributed by atoms with van der Waals surface area (Å²) < 4.78 is 12.8. The van der Waals surface area contributed by atoms with Crippen molar-refractivity contribution in [1.29, 1.82) is 0 Å². The van der Waals surface area contributed by atoms with Crippen molar-refractivity contribution in [2.75, 3.05) is 13.7 Å². The van der Waals surface area contributed by atoms with E-state index in [-0.39, 0.29) is 17.9 Å². The van der Waals surface area contributed by atoms with Crippen LogP contribution in [-0.2, 0) is 9.53 Å². The zero-order chi connectivity index (χ0) is 22.8. The molecule has 4 rings (SSSR count). The fourth-order valence-electron chi connectivity index (χ4n) is 3.74. The Hall–Kier alpha value is -3.65. The van der Waals surface area contributed by atoms with E-state index in [1.807, 2.05) is 18.2 Å². The average molecular weight is 451 g/mol. The number of nitrogens with zero attached hydrogens (tertiary/aromatic N) is 2. The van der Waals surface area contributed by atoms with E-state index in [9.17, 15) is 14.7 Å². The number of hydrogen-bond donors (Lipinski definition) is 1. The Labute approximate surface area is 188 Å². The molecule has 1 aromatic heterocycles. The van der Waals surface area contributed by atoms with Crippen molar-refractivity contribution in [2.45, 2.75) is 19.9 Å². The standard InChI is InChI=1S/C24H22N2O5S/c1-4-31-23(29)20-14(2)25-24-26(21(20)17-10-5-6-11-18(17)30-3)22(28)19(32-24)13-15-8-7-9-16(27)12-15/h5-13,21,27H,4H2,1-3H3/b19-13-/t21-/m1/s1. The first kappa shape index (κ1) is 21.6. The maximum atomic E-state index is 13.5. The lowest BCUT2D eigenvalue weighted by Crippen LogP contribution is -2.40. The van der Waals surface area contributed by atoms with E-state index in [0.29, 0.717) is 37.5 Å². The van der Waals surface area contributed by atoms with Crippen LogP contribution < -0.4 is 19.6 Å². The predicted octanol–water partition coefficient (Wildman–Crippen LogP) is 2.51. The van der Waals surface area contributed by atoms with Crippen molar-refractivity contribution in [3.8, 4) is 11.5 Å². The molecule has 0 aliphatic carbocycles. The number of carbonyl (C=O) groups excluding carboxylic acids is 1. The molecule has 0 saturated carbocycles. The summed E-state index contributed by atoms with van der Waals surface area (Å²) >= 11 is 1.22. The molecule has 0 amide bonds. The van der Waals surface area contributed by atoms with E-state index >= 15 is 0 Å². The zero-order valence-corrected chi connectivity index (χ0v) is 18.7. The molecule has 1 aliphatic rings. The van der Waals surface area contributed by atoms with Gasteiger partial charge in [-0.1, -0.05) is 41.7 Å². The van der Waals surface area contributed by atoms with Crippen LogP contribution in [0.3, 0.4) is 0 Å². The van der Waals surface area contributed by atoms with Gasteiger partial charge in [0.1, 0.15) is 17.5 Å². The molecule has 0 spiro atoms. The van der Waals surface area contributed by atoms with Gasteiger partial charge in [0, 0.05) is 5.56 Å². The second kappa shape index (κ2) is 8.84. The number of phenols is 1. The van der Waals surface area contributed by atoms with Crippen molar-refractivity contribution in [3.05, 3.63) is 90.6 Å². The lowest BCUT2D eigenvalue weighted by atomic mass is 9.95. The highest BCUT2D eigenvalue weighted by molar-refractivity contribution is 7.07. The van der Waals surface area contributed by atoms with Gasteiger partial charge >= 0.3 is 5.97 Å². The average Bonchev–Trinajstić information content (AvgIpc) is 3.07. The fraction of sp³-hybridized carbons (Fsp3) is 0.208. The number of para-hydroxylation sites is 1. The number of aromatic nitrogens is 1. The molecule has 0 bridgehead atoms. The topological polar surface area (TPSA) is 90.1 Å². The van der Waals surface area contributed by atoms with Crippen LogP contribution >= 0.6 is 11.3 Å². The lowest BCUT2D eigenvalue weighted by molar-refractivity contribution is -0.139. The van der Waals surface area contributed by atoms with Gasteiger partial charge < -0.3 is 14.6 Å². The molecule has 8 heteroatoms. The summed E-state index contributed by atoms with van der Waals surface area (Å²) in [4.78, 5) is 31.5. The van der Waals surface area contributed by atoms with Gasteiger partial charge in [-0.05, 0) is 43.7 Å². The summed E-state index contributed by atoms with van der Waals surface area (Å²) in [6, 6.07) is 13.2. The molecule has 164 valence electrons. The third-order valence-corrected chi connectivity index (χ3v) is 6.10. The van der Waals surface area contributed by atoms with Crippen molar-refractivity contribution in [2.24, 2.45) is 4.99 Å². The zero-order valence-electron chi connectivity index (χ0n) is 17.9. The van der Waals surface area contributed by atoms with E-state index in [1.54, 1.807) is 57.4 Å². The normalized spacial score (nSPS) is 15.8. The Balaban J connectivity index is 2.00. The Morgan fingerprint density at radius 2 is 2.03 bits per heavy atom. The van der Waals surface area contributed by atoms with Crippen LogP contribution in [0, 0.1) is 0 Å². The van der Waals surface area contributed by atoms with Crippen LogP contribution in [0.15, 0.2) is 69.6 Å². The second-order valence-corrected chi connectivity index (χ2v) is 8.15. The van der Waals surface area contributed by atoms with E-state index in [2.05, 4.69) is 4.99 Å². The van der Waals surface area contributed by atoms with Crippen molar-refractivity contribution in [1.82, 2.24) is 4.57 Å². The Morgan fingerprint density at radius 3 is 2.75 bits per heavy atom. The summed E-state index contributed by atoms with van der Waals surface area (Å²) in [7, 11) is 1.55. The number of esters is 1. The molecule has 7 nitrogen and oxygen atoms in total. The van der Waals surface area contributed by atoms with Crippen LogP contribution in [0.2, 0.25) is 0 Å². The Kier molecular flexibility index (Phi) is 5.96. The molecule has 3 aromatic rings. The highest BCUT2D eigenvalue weighted by Crippen LogP contribution is 2.35. The predicted molar refractivity (Wildman–Crippen MR) is 121 cm³/mol. The number of aromatic hydroxyl groups is 1. The van der Waals surface area contributed by atoms with Gasteiger partial charge in [-0.15, -0.1) is 0 Å². The van der Waals surface area contributed by atoms with Gasteiger partial charge in [0.15, 0.2) is 4.80 Å². The molecule has 2 aromatic carbocycles. The minimum Gasteiger partial charge on any atom is -0.508 e. The van der Waals surface area contributed by atoms with Gasteiger partial charge in [-0.3, -0.25) is 9.36 Å². The molecule has 1 N–H and O–H groups in total. The molecular formula is C24H22N2O5S. The third-order valence-electron chi connectivity index (χ3n) is 5.12. The number of ether oxygens (including phenoxy) is 2. The SMILES string of the molecule is CCOC(=O)C1=C(C)N=c2s/c(=C\c3cccc(O)c3)c(=O)n2[C@@H]1c1ccccc1OC. The number of fused-ring (bicyclic) bond motifs is 1. The summed E-state index contributed by atoms with van der Waals surface area (Å²) in [6.07, 6.45) is 1.70. The smallest absolute Gasteiger partial charge is 0.338 e. The van der Waals surface area contributed by atoms with Gasteiger partial charge in [0.05, 0.1) is 29.5 Å². The summed E-state index contributed by atoms with van der Waals surface area (Å²) in [6.45, 7) is 3.67. The highest BCUT2D eigenvalue weighted by atomic mass is 32.1. The number of allylic oxidation sites excluding steroid dienone is 1. The molecule has 1 aliphatic heterocycles. The molecule has 0 unspecified atom stereocenters. The molecule has 0 radical (unpaired) electrons. The third kappa shape index (κ3) is 3.85. The fourth-order valence-corrected chi connectivity index (χ4v) is 4.79. The molecule has 0 saturated heterocycles. The van der Waals surface area contributed by atoms with E-state index < -0.39 is 12.0 Å². The highest BCUT2D eigenvalue weighted by Gasteiger charge is 2.34. The van der Waals surface area contributed by atoms with Crippen LogP contribution in [0.5, 0.6) is 11.5 Å². The molecular weight excluding hydrogens is 428 g/mol. The largest absolute Gasteiger partial charge is 0.508 e. The van der Waals surface area contributed by atoms with E-state index in [0.717, 1.165) is 0 Å². The van der Waals surface area contributed by atoms with Crippen molar-refractivity contribution >= 4 is 23.4 Å². The van der Waals surface area contributed by atoms with Gasteiger partial charge in [0.25, 0.3) is 5.56 Å². The maximum absolute atomic E-state index is 13.5. The minimum atomic E-state index is -0.743. The van der Waals surface area contributed by atoms with E-state index in [4.69, 9.17) is 9.47 Å². The molecule has 1 atom stereocenters. The van der Waals surface area contributed by atoms with Crippen LogP contribution in [0.25, 0.3) is 6.08 Å². The summed E-state index contributed by atoms with van der Waals surface area (Å²) in [5.41, 5.74) is 1.85. The monoisotopic (exact) mass is 450 g/mol. The number of carbonyl (C=O) groups is 1. The second-order valence-electron chi connectivity index (χ2n) is 7.14. The first-order valence-electron chi connectivity index (χ1n) is 10.1. The van der Waals surface area contributed by atoms with Gasteiger partial charge in [-0.25, -0.2) is 9.79 Å². The Bertz CT molecular complexity index is 1400. The molecule has 0 fully saturated rings. The van der Waals surface area contributed by atoms with Crippen LogP contribution in [0.4, 0.5) is 0 Å².